The highest BCUT2D eigenvalue weighted by Crippen LogP contribution is 2.12. The first-order valence-corrected chi connectivity index (χ1v) is 5.17. The van der Waals surface area contributed by atoms with Crippen molar-refractivity contribution in [3.63, 3.8) is 0 Å². The first kappa shape index (κ1) is 12.5. The monoisotopic (exact) mass is 224 g/mol. The van der Waals surface area contributed by atoms with Crippen molar-refractivity contribution in [2.24, 2.45) is 0 Å². The van der Waals surface area contributed by atoms with E-state index in [1.54, 1.807) is 0 Å². The summed E-state index contributed by atoms with van der Waals surface area (Å²) in [6.07, 6.45) is -0.764. The van der Waals surface area contributed by atoms with Gasteiger partial charge in [0.05, 0.1) is 19.1 Å². The number of ether oxygens (including phenoxy) is 1. The van der Waals surface area contributed by atoms with E-state index in [0.29, 0.717) is 13.0 Å². The quantitative estimate of drug-likeness (QED) is 0.770. The van der Waals surface area contributed by atoms with Crippen LogP contribution in [0.25, 0.3) is 0 Å². The number of aliphatic carboxylic acids is 1. The first-order valence-electron chi connectivity index (χ1n) is 5.17. The Morgan fingerprint density at radius 3 is 2.56 bits per heavy atom. The van der Waals surface area contributed by atoms with E-state index in [1.165, 1.54) is 0 Å². The van der Waals surface area contributed by atoms with E-state index in [1.807, 2.05) is 31.2 Å². The lowest BCUT2D eigenvalue weighted by Crippen LogP contribution is -2.16. The van der Waals surface area contributed by atoms with Gasteiger partial charge in [-0.3, -0.25) is 4.79 Å². The molecule has 0 saturated heterocycles. The van der Waals surface area contributed by atoms with E-state index in [4.69, 9.17) is 9.84 Å². The summed E-state index contributed by atoms with van der Waals surface area (Å²) >= 11 is 0. The average Bonchev–Trinajstić information content (AvgIpc) is 2.20. The molecule has 1 unspecified atom stereocenters. The number of benzene rings is 1. The number of hydrogen-bond donors (Lipinski definition) is 2. The second-order valence-electron chi connectivity index (χ2n) is 3.70. The van der Waals surface area contributed by atoms with Gasteiger partial charge in [0, 0.05) is 6.42 Å². The van der Waals surface area contributed by atoms with Gasteiger partial charge in [-0.25, -0.2) is 0 Å². The molecule has 16 heavy (non-hydrogen) atoms. The fraction of sp³-hybridized carbons (Fsp3) is 0.417. The van der Waals surface area contributed by atoms with Gasteiger partial charge in [0.2, 0.25) is 0 Å². The highest BCUT2D eigenvalue weighted by atomic mass is 16.5. The predicted molar refractivity (Wildman–Crippen MR) is 59.6 cm³/mol. The third kappa shape index (κ3) is 4.79. The molecule has 0 heterocycles. The van der Waals surface area contributed by atoms with Crippen LogP contribution in [-0.2, 0) is 4.79 Å². The molecule has 4 heteroatoms. The molecule has 0 aromatic heterocycles. The van der Waals surface area contributed by atoms with Crippen molar-refractivity contribution < 1.29 is 19.7 Å². The average molecular weight is 224 g/mol. The molecule has 1 aromatic rings. The maximum Gasteiger partial charge on any atom is 0.305 e. The molecular weight excluding hydrogens is 208 g/mol. The molecule has 0 aliphatic heterocycles. The summed E-state index contributed by atoms with van der Waals surface area (Å²) in [6.45, 7) is 2.30. The molecule has 0 radical (unpaired) electrons. The summed E-state index contributed by atoms with van der Waals surface area (Å²) in [5.41, 5.74) is 1.15. The van der Waals surface area contributed by atoms with E-state index in [2.05, 4.69) is 0 Å². The fourth-order valence-corrected chi connectivity index (χ4v) is 1.25. The van der Waals surface area contributed by atoms with Crippen LogP contribution in [0.3, 0.4) is 0 Å². The first-order chi connectivity index (χ1) is 7.58. The zero-order valence-electron chi connectivity index (χ0n) is 9.22. The molecule has 1 rings (SSSR count). The molecule has 0 bridgehead atoms. The number of aliphatic hydroxyl groups excluding tert-OH is 1. The maximum absolute atomic E-state index is 10.3. The highest BCUT2D eigenvalue weighted by molar-refractivity contribution is 5.67. The fourth-order valence-electron chi connectivity index (χ4n) is 1.25. The zero-order valence-corrected chi connectivity index (χ0v) is 9.22. The molecule has 0 saturated carbocycles. The summed E-state index contributed by atoms with van der Waals surface area (Å²) in [4.78, 5) is 10.3. The van der Waals surface area contributed by atoms with E-state index < -0.39 is 12.1 Å². The lowest BCUT2D eigenvalue weighted by atomic mass is 10.2. The molecule has 1 aromatic carbocycles. The van der Waals surface area contributed by atoms with Gasteiger partial charge in [0.15, 0.2) is 0 Å². The largest absolute Gasteiger partial charge is 0.493 e. The summed E-state index contributed by atoms with van der Waals surface area (Å²) in [5.74, 6) is -0.268. The van der Waals surface area contributed by atoms with Crippen LogP contribution < -0.4 is 4.74 Å². The molecule has 4 nitrogen and oxygen atoms in total. The summed E-state index contributed by atoms with van der Waals surface area (Å²) in [7, 11) is 0. The summed E-state index contributed by atoms with van der Waals surface area (Å²) in [6, 6.07) is 7.56. The summed E-state index contributed by atoms with van der Waals surface area (Å²) in [5, 5.41) is 17.7. The summed E-state index contributed by atoms with van der Waals surface area (Å²) < 4.78 is 5.36. The third-order valence-electron chi connectivity index (χ3n) is 2.15. The highest BCUT2D eigenvalue weighted by Gasteiger charge is 2.09. The Morgan fingerprint density at radius 1 is 1.38 bits per heavy atom. The van der Waals surface area contributed by atoms with E-state index in [9.17, 15) is 9.90 Å². The zero-order chi connectivity index (χ0) is 12.0. The number of carboxylic acid groups (broad SMARTS) is 1. The Balaban J connectivity index is 2.25. The van der Waals surface area contributed by atoms with Crippen LogP contribution in [0.5, 0.6) is 5.75 Å². The number of hydrogen-bond acceptors (Lipinski definition) is 3. The smallest absolute Gasteiger partial charge is 0.305 e. The Bertz CT molecular complexity index is 331. The second kappa shape index (κ2) is 6.12. The van der Waals surface area contributed by atoms with Gasteiger partial charge < -0.3 is 14.9 Å². The van der Waals surface area contributed by atoms with Gasteiger partial charge >= 0.3 is 5.97 Å². The van der Waals surface area contributed by atoms with E-state index in [0.717, 1.165) is 11.3 Å². The number of carboxylic acids is 1. The number of carbonyl (C=O) groups is 1. The van der Waals surface area contributed by atoms with Gasteiger partial charge in [-0.2, -0.15) is 0 Å². The molecule has 0 aliphatic carbocycles. The third-order valence-corrected chi connectivity index (χ3v) is 2.15. The number of aliphatic hydroxyl groups is 1. The van der Waals surface area contributed by atoms with Gasteiger partial charge in [-0.15, -0.1) is 0 Å². The minimum Gasteiger partial charge on any atom is -0.493 e. The van der Waals surface area contributed by atoms with Gasteiger partial charge in [0.1, 0.15) is 5.75 Å². The van der Waals surface area contributed by atoms with Gasteiger partial charge in [-0.05, 0) is 19.1 Å². The van der Waals surface area contributed by atoms with Crippen molar-refractivity contribution in [1.82, 2.24) is 0 Å². The van der Waals surface area contributed by atoms with Crippen LogP contribution in [0.2, 0.25) is 0 Å². The molecule has 2 N–H and O–H groups in total. The SMILES string of the molecule is Cc1ccc(OCCC(O)CC(=O)O)cc1. The van der Waals surface area contributed by atoms with E-state index in [-0.39, 0.29) is 6.42 Å². The molecule has 0 aliphatic rings. The molecule has 0 amide bonds. The van der Waals surface area contributed by atoms with Crippen LogP contribution in [0.15, 0.2) is 24.3 Å². The Labute approximate surface area is 94.5 Å². The minimum atomic E-state index is -0.997. The Kier molecular flexibility index (Phi) is 4.79. The molecule has 0 spiro atoms. The van der Waals surface area contributed by atoms with Crippen LogP contribution in [0, 0.1) is 6.92 Å². The molecule has 88 valence electrons. The predicted octanol–water partition coefficient (Wildman–Crippen LogP) is 1.60. The number of aryl methyl sites for hydroxylation is 1. The standard InChI is InChI=1S/C12H16O4/c1-9-2-4-11(5-3-9)16-7-6-10(13)8-12(14)15/h2-5,10,13H,6-8H2,1H3,(H,14,15). The van der Waals surface area contributed by atoms with Crippen molar-refractivity contribution in [2.45, 2.75) is 25.9 Å². The van der Waals surface area contributed by atoms with Gasteiger partial charge in [-0.1, -0.05) is 17.7 Å². The van der Waals surface area contributed by atoms with E-state index >= 15 is 0 Å². The van der Waals surface area contributed by atoms with Crippen molar-refractivity contribution >= 4 is 5.97 Å². The van der Waals surface area contributed by atoms with Crippen molar-refractivity contribution in [3.05, 3.63) is 29.8 Å². The molecule has 1 atom stereocenters. The lowest BCUT2D eigenvalue weighted by molar-refractivity contribution is -0.139. The van der Waals surface area contributed by atoms with Crippen LogP contribution in [-0.4, -0.2) is 28.9 Å². The van der Waals surface area contributed by atoms with Crippen molar-refractivity contribution in [2.75, 3.05) is 6.61 Å². The molecule has 0 fully saturated rings. The Hall–Kier alpha value is -1.55. The van der Waals surface area contributed by atoms with Crippen LogP contribution in [0.1, 0.15) is 18.4 Å². The van der Waals surface area contributed by atoms with Crippen LogP contribution in [0.4, 0.5) is 0 Å². The second-order valence-corrected chi connectivity index (χ2v) is 3.70. The van der Waals surface area contributed by atoms with Crippen molar-refractivity contribution in [3.8, 4) is 5.75 Å². The molecular formula is C12H16O4. The van der Waals surface area contributed by atoms with Gasteiger partial charge in [0.25, 0.3) is 0 Å². The minimum absolute atomic E-state index is 0.239. The van der Waals surface area contributed by atoms with Crippen molar-refractivity contribution in [1.29, 1.82) is 0 Å². The normalized spacial score (nSPS) is 12.1. The Morgan fingerprint density at radius 2 is 2.00 bits per heavy atom. The topological polar surface area (TPSA) is 66.8 Å². The number of rotatable bonds is 6. The maximum atomic E-state index is 10.3. The lowest BCUT2D eigenvalue weighted by Gasteiger charge is -2.09. The van der Waals surface area contributed by atoms with Crippen LogP contribution >= 0.6 is 0 Å².